The normalized spacial score (nSPS) is 11.4. The van der Waals surface area contributed by atoms with Crippen LogP contribution >= 0.6 is 11.8 Å². The molecule has 0 unspecified atom stereocenters. The predicted octanol–water partition coefficient (Wildman–Crippen LogP) is 4.48. The van der Waals surface area contributed by atoms with Crippen LogP contribution in [-0.4, -0.2) is 29.5 Å². The monoisotopic (exact) mass is 405 g/mol. The highest BCUT2D eigenvalue weighted by Crippen LogP contribution is 2.24. The van der Waals surface area contributed by atoms with Crippen LogP contribution in [0.15, 0.2) is 59.8 Å². The molecule has 0 atom stereocenters. The molecule has 29 heavy (non-hydrogen) atoms. The number of anilines is 2. The minimum absolute atomic E-state index is 0.338. The molecular formula is C20H16FN7S. The van der Waals surface area contributed by atoms with Crippen LogP contribution < -0.4 is 5.32 Å². The highest BCUT2D eigenvalue weighted by molar-refractivity contribution is 7.98. The van der Waals surface area contributed by atoms with E-state index in [2.05, 4.69) is 30.4 Å². The number of aromatic amines is 1. The van der Waals surface area contributed by atoms with Crippen molar-refractivity contribution >= 4 is 40.1 Å². The lowest BCUT2D eigenvalue weighted by molar-refractivity contribution is 0.631. The summed E-state index contributed by atoms with van der Waals surface area (Å²) < 4.78 is 15.6. The second kappa shape index (κ2) is 7.17. The van der Waals surface area contributed by atoms with Crippen LogP contribution in [0.25, 0.3) is 16.8 Å². The first-order chi connectivity index (χ1) is 14.2. The van der Waals surface area contributed by atoms with E-state index in [0.29, 0.717) is 28.2 Å². The first-order valence-electron chi connectivity index (χ1n) is 8.98. The van der Waals surface area contributed by atoms with Gasteiger partial charge in [0.2, 0.25) is 5.16 Å². The van der Waals surface area contributed by atoms with Crippen molar-refractivity contribution in [1.82, 2.24) is 29.5 Å². The van der Waals surface area contributed by atoms with Gasteiger partial charge < -0.3 is 10.3 Å². The van der Waals surface area contributed by atoms with E-state index in [4.69, 9.17) is 0 Å². The van der Waals surface area contributed by atoms with Crippen molar-refractivity contribution < 1.29 is 4.39 Å². The summed E-state index contributed by atoms with van der Waals surface area (Å²) >= 11 is 1.46. The molecule has 2 aromatic carbocycles. The Balaban J connectivity index is 1.42. The molecule has 5 aromatic rings. The quantitative estimate of drug-likeness (QED) is 0.419. The van der Waals surface area contributed by atoms with E-state index in [-0.39, 0.29) is 5.82 Å². The molecule has 0 saturated heterocycles. The van der Waals surface area contributed by atoms with E-state index in [1.54, 1.807) is 22.7 Å². The average Bonchev–Trinajstić information content (AvgIpc) is 3.31. The van der Waals surface area contributed by atoms with Crippen molar-refractivity contribution in [3.8, 4) is 0 Å². The number of thioether (sulfide) groups is 1. The van der Waals surface area contributed by atoms with E-state index in [0.717, 1.165) is 22.6 Å². The van der Waals surface area contributed by atoms with Gasteiger partial charge in [-0.05, 0) is 31.2 Å². The summed E-state index contributed by atoms with van der Waals surface area (Å²) in [4.78, 5) is 16.8. The molecule has 0 aliphatic carbocycles. The van der Waals surface area contributed by atoms with E-state index >= 15 is 0 Å². The minimum atomic E-state index is -0.338. The van der Waals surface area contributed by atoms with Gasteiger partial charge in [0.1, 0.15) is 17.5 Å². The maximum atomic E-state index is 14.0. The Labute approximate surface area is 169 Å². The topological polar surface area (TPSA) is 83.8 Å². The van der Waals surface area contributed by atoms with Crippen LogP contribution in [0.4, 0.5) is 15.9 Å². The van der Waals surface area contributed by atoms with E-state index in [1.165, 1.54) is 17.8 Å². The fourth-order valence-electron chi connectivity index (χ4n) is 3.03. The van der Waals surface area contributed by atoms with Gasteiger partial charge in [-0.25, -0.2) is 14.4 Å². The zero-order valence-corrected chi connectivity index (χ0v) is 16.2. The molecule has 3 heterocycles. The second-order valence-electron chi connectivity index (χ2n) is 6.48. The largest absolute Gasteiger partial charge is 0.341 e. The first-order valence-corrected chi connectivity index (χ1v) is 9.97. The zero-order valence-electron chi connectivity index (χ0n) is 15.4. The fraction of sp³-hybridized carbons (Fsp3) is 0.100. The number of nitrogens with one attached hydrogen (secondary N) is 2. The van der Waals surface area contributed by atoms with Gasteiger partial charge in [0.15, 0.2) is 0 Å². The maximum absolute atomic E-state index is 14.0. The molecule has 3 aromatic heterocycles. The van der Waals surface area contributed by atoms with Crippen molar-refractivity contribution in [3.63, 3.8) is 0 Å². The number of benzene rings is 2. The third kappa shape index (κ3) is 3.52. The molecule has 0 aliphatic heterocycles. The fourth-order valence-corrected chi connectivity index (χ4v) is 3.71. The number of imidazole rings is 1. The Morgan fingerprint density at radius 3 is 2.76 bits per heavy atom. The number of nitrogens with zero attached hydrogens (tertiary/aromatic N) is 5. The summed E-state index contributed by atoms with van der Waals surface area (Å²) in [6, 6.07) is 16.2. The molecule has 2 N–H and O–H groups in total. The first kappa shape index (κ1) is 17.6. The number of rotatable bonds is 5. The van der Waals surface area contributed by atoms with Gasteiger partial charge in [-0.15, -0.1) is 5.10 Å². The lowest BCUT2D eigenvalue weighted by atomic mass is 10.3. The van der Waals surface area contributed by atoms with Crippen LogP contribution in [0.1, 0.15) is 11.5 Å². The zero-order chi connectivity index (χ0) is 19.8. The standard InChI is InChI=1S/C20H16FN7S/c1-12-10-18(25-14-7-3-2-6-13(14)21)28-19(22-12)26-20(27-28)29-11-17-23-15-8-4-5-9-16(15)24-17/h2-10,25H,11H2,1H3,(H,23,24). The lowest BCUT2D eigenvalue weighted by Gasteiger charge is -2.09. The number of hydrogen-bond donors (Lipinski definition) is 2. The molecule has 0 fully saturated rings. The van der Waals surface area contributed by atoms with Crippen molar-refractivity contribution in [2.24, 2.45) is 0 Å². The van der Waals surface area contributed by atoms with Crippen molar-refractivity contribution in [3.05, 3.63) is 71.9 Å². The van der Waals surface area contributed by atoms with Gasteiger partial charge in [-0.2, -0.15) is 9.50 Å². The number of hydrogen-bond acceptors (Lipinski definition) is 6. The SMILES string of the molecule is Cc1cc(Nc2ccccc2F)n2nc(SCc3nc4ccccc4[nH]3)nc2n1. The molecule has 144 valence electrons. The number of aromatic nitrogens is 6. The third-order valence-electron chi connectivity index (χ3n) is 4.33. The van der Waals surface area contributed by atoms with Gasteiger partial charge in [-0.1, -0.05) is 36.0 Å². The van der Waals surface area contributed by atoms with Crippen LogP contribution in [0.2, 0.25) is 0 Å². The molecular weight excluding hydrogens is 389 g/mol. The number of halogens is 1. The van der Waals surface area contributed by atoms with E-state index in [1.807, 2.05) is 37.3 Å². The Bertz CT molecular complexity index is 1290. The smallest absolute Gasteiger partial charge is 0.255 e. The third-order valence-corrected chi connectivity index (χ3v) is 5.18. The molecule has 9 heteroatoms. The Hall–Kier alpha value is -3.46. The lowest BCUT2D eigenvalue weighted by Crippen LogP contribution is -2.03. The summed E-state index contributed by atoms with van der Waals surface area (Å²) in [5, 5.41) is 8.18. The molecule has 0 saturated carbocycles. The summed E-state index contributed by atoms with van der Waals surface area (Å²) in [6.45, 7) is 1.86. The van der Waals surface area contributed by atoms with E-state index in [9.17, 15) is 4.39 Å². The van der Waals surface area contributed by atoms with Crippen LogP contribution in [-0.2, 0) is 5.75 Å². The molecule has 7 nitrogen and oxygen atoms in total. The minimum Gasteiger partial charge on any atom is -0.341 e. The van der Waals surface area contributed by atoms with Gasteiger partial charge >= 0.3 is 0 Å². The average molecular weight is 405 g/mol. The summed E-state index contributed by atoms with van der Waals surface area (Å²) in [5.41, 5.74) is 3.06. The van der Waals surface area contributed by atoms with Gasteiger partial charge in [0.25, 0.3) is 5.78 Å². The highest BCUT2D eigenvalue weighted by atomic mass is 32.2. The van der Waals surface area contributed by atoms with Gasteiger partial charge in [0.05, 0.1) is 22.5 Å². The van der Waals surface area contributed by atoms with Gasteiger partial charge in [-0.3, -0.25) is 0 Å². The summed E-state index contributed by atoms with van der Waals surface area (Å²) in [7, 11) is 0. The molecule has 0 bridgehead atoms. The Kier molecular flexibility index (Phi) is 4.36. The highest BCUT2D eigenvalue weighted by Gasteiger charge is 2.13. The number of fused-ring (bicyclic) bond motifs is 2. The van der Waals surface area contributed by atoms with Crippen molar-refractivity contribution in [1.29, 1.82) is 0 Å². The second-order valence-corrected chi connectivity index (χ2v) is 7.43. The molecule has 5 rings (SSSR count). The van der Waals surface area contributed by atoms with Crippen LogP contribution in [0.5, 0.6) is 0 Å². The number of aryl methyl sites for hydroxylation is 1. The van der Waals surface area contributed by atoms with Crippen LogP contribution in [0, 0.1) is 12.7 Å². The van der Waals surface area contributed by atoms with Crippen molar-refractivity contribution in [2.45, 2.75) is 17.8 Å². The summed E-state index contributed by atoms with van der Waals surface area (Å²) in [5.74, 6) is 2.16. The molecule has 0 spiro atoms. The number of H-pyrrole nitrogens is 1. The van der Waals surface area contributed by atoms with Crippen molar-refractivity contribution in [2.75, 3.05) is 5.32 Å². The number of para-hydroxylation sites is 3. The molecule has 0 amide bonds. The van der Waals surface area contributed by atoms with Gasteiger partial charge in [0, 0.05) is 11.8 Å². The molecule has 0 aliphatic rings. The summed E-state index contributed by atoms with van der Waals surface area (Å²) in [6.07, 6.45) is 0. The van der Waals surface area contributed by atoms with E-state index < -0.39 is 0 Å². The maximum Gasteiger partial charge on any atom is 0.255 e. The molecule has 0 radical (unpaired) electrons. The predicted molar refractivity (Wildman–Crippen MR) is 111 cm³/mol. The Morgan fingerprint density at radius 1 is 1.07 bits per heavy atom. The van der Waals surface area contributed by atoms with Crippen LogP contribution in [0.3, 0.4) is 0 Å². The Morgan fingerprint density at radius 2 is 1.90 bits per heavy atom.